The van der Waals surface area contributed by atoms with Gasteiger partial charge in [0, 0.05) is 55.6 Å². The maximum Gasteiger partial charge on any atom is 0.164 e. The summed E-state index contributed by atoms with van der Waals surface area (Å²) < 4.78 is 13.1. The maximum absolute atomic E-state index is 6.55. The Balaban J connectivity index is 0.000000143. The van der Waals surface area contributed by atoms with E-state index in [1.807, 2.05) is 115 Å². The fourth-order valence-electron chi connectivity index (χ4n) is 13.8. The lowest BCUT2D eigenvalue weighted by atomic mass is 9.86. The number of ether oxygens (including phenoxy) is 2. The Labute approximate surface area is 566 Å². The molecule has 0 unspecified atom stereocenters. The number of hydrogen-bond donors (Lipinski definition) is 0. The maximum atomic E-state index is 6.55. The monoisotopic (exact) mass is 1250 g/mol. The number of nitrogens with zero attached hydrogens (tertiary/aromatic N) is 6. The first kappa shape index (κ1) is 57.4. The number of para-hydroxylation sites is 4. The number of hydrogen-bond acceptors (Lipinski definition) is 8. The second-order valence-corrected chi connectivity index (χ2v) is 24.4. The van der Waals surface area contributed by atoms with E-state index in [0.29, 0.717) is 34.9 Å². The minimum absolute atomic E-state index is 0.624. The van der Waals surface area contributed by atoms with Crippen LogP contribution in [0.4, 0.5) is 0 Å². The summed E-state index contributed by atoms with van der Waals surface area (Å²) in [5.41, 5.74) is 18.9. The van der Waals surface area contributed by atoms with Gasteiger partial charge in [-0.25, -0.2) is 29.9 Å². The Bertz CT molecular complexity index is 5780. The smallest absolute Gasteiger partial charge is 0.164 e. The van der Waals surface area contributed by atoms with Crippen LogP contribution in [0, 0.1) is 0 Å². The summed E-state index contributed by atoms with van der Waals surface area (Å²) in [7, 11) is 0. The topological polar surface area (TPSA) is 95.8 Å². The van der Waals surface area contributed by atoms with E-state index in [1.165, 1.54) is 21.7 Å². The molecule has 458 valence electrons. The molecule has 19 rings (SSSR count). The van der Waals surface area contributed by atoms with Gasteiger partial charge in [0.1, 0.15) is 23.0 Å². The van der Waals surface area contributed by atoms with Gasteiger partial charge in [-0.3, -0.25) is 0 Å². The Kier molecular flexibility index (Phi) is 14.4. The molecule has 4 heterocycles. The summed E-state index contributed by atoms with van der Waals surface area (Å²) in [6, 6.07) is 117. The Hall–Kier alpha value is -13.3. The van der Waals surface area contributed by atoms with Crippen LogP contribution in [0.5, 0.6) is 23.0 Å². The van der Waals surface area contributed by atoms with Crippen molar-refractivity contribution < 1.29 is 9.47 Å². The molecule has 2 aliphatic heterocycles. The van der Waals surface area contributed by atoms with Crippen LogP contribution < -0.4 is 9.47 Å². The standard InChI is InChI=1S/C47H29N3O.C43H27N3O/c1-2-11-30(12-3-1)32-21-24-33(25-22-32)45-48-46(35-26-23-31-13-4-5-14-34(31)29-35)50-47(49-45)41-28-27-40-37-16-7-9-20-43(37)51-42-19-8-6-15-36(42)38-17-10-18-39(41)44(38)40;1-3-13-28(14-4-1)41-44-42(29-15-5-2-6-16-29)46-43(45-41)31-18-11-17-30(27-31)32-25-26-37-34-20-8-10-24-39(34)47-38-23-9-7-19-33(38)36-22-12-21-35(32)40(36)37/h1-29H;1-27H. The third kappa shape index (κ3) is 10.6. The lowest BCUT2D eigenvalue weighted by Crippen LogP contribution is -2.02. The summed E-state index contributed by atoms with van der Waals surface area (Å²) in [6.07, 6.45) is 0. The van der Waals surface area contributed by atoms with Crippen LogP contribution in [-0.2, 0) is 0 Å². The second-order valence-electron chi connectivity index (χ2n) is 24.4. The first-order chi connectivity index (χ1) is 48.6. The van der Waals surface area contributed by atoms with Gasteiger partial charge in [0.2, 0.25) is 0 Å². The highest BCUT2D eigenvalue weighted by molar-refractivity contribution is 6.15. The van der Waals surface area contributed by atoms with Gasteiger partial charge in [0.25, 0.3) is 0 Å². The molecule has 0 N–H and O–H groups in total. The molecule has 2 aromatic heterocycles. The molecule has 0 atom stereocenters. The first-order valence-electron chi connectivity index (χ1n) is 32.8. The van der Waals surface area contributed by atoms with Crippen LogP contribution in [0.3, 0.4) is 0 Å². The van der Waals surface area contributed by atoms with Gasteiger partial charge >= 0.3 is 0 Å². The van der Waals surface area contributed by atoms with Crippen molar-refractivity contribution in [2.24, 2.45) is 0 Å². The molecule has 0 saturated heterocycles. The number of rotatable bonds is 8. The van der Waals surface area contributed by atoms with Gasteiger partial charge in [-0.05, 0) is 119 Å². The fraction of sp³-hybridized carbons (Fsp3) is 0. The van der Waals surface area contributed by atoms with Gasteiger partial charge in [-0.2, -0.15) is 0 Å². The summed E-state index contributed by atoms with van der Waals surface area (Å²) in [6.45, 7) is 0. The molecule has 17 aromatic rings. The first-order valence-corrected chi connectivity index (χ1v) is 32.8. The van der Waals surface area contributed by atoms with Gasteiger partial charge in [0.05, 0.1) is 0 Å². The summed E-state index contributed by atoms with van der Waals surface area (Å²) >= 11 is 0. The molecule has 0 aliphatic carbocycles. The van der Waals surface area contributed by atoms with Crippen molar-refractivity contribution in [2.75, 3.05) is 0 Å². The van der Waals surface area contributed by atoms with Crippen molar-refractivity contribution in [2.45, 2.75) is 0 Å². The Morgan fingerprint density at radius 3 is 0.980 bits per heavy atom. The molecule has 0 bridgehead atoms. The normalized spacial score (nSPS) is 11.6. The highest BCUT2D eigenvalue weighted by Gasteiger charge is 2.26. The highest BCUT2D eigenvalue weighted by atomic mass is 16.5. The van der Waals surface area contributed by atoms with Crippen LogP contribution in [-0.4, -0.2) is 29.9 Å². The van der Waals surface area contributed by atoms with Crippen molar-refractivity contribution in [3.8, 4) is 158 Å². The average molecular weight is 1250 g/mol. The SMILES string of the molecule is c1ccc(-c2ccc(-c3nc(-c4ccc5ccccc5c4)nc(-c4ccc5c6c(cccc46)-c4ccccc4Oc4ccccc4-5)n3)cc2)cc1.c1ccc(-c2nc(-c3ccccc3)nc(-c3cccc(-c4ccc5c6c(cccc46)-c4ccccc4Oc4ccccc4-5)c3)n2)cc1. The summed E-state index contributed by atoms with van der Waals surface area (Å²) in [5.74, 6) is 7.17. The van der Waals surface area contributed by atoms with E-state index in [2.05, 4.69) is 224 Å². The van der Waals surface area contributed by atoms with Crippen LogP contribution in [0.15, 0.2) is 340 Å². The van der Waals surface area contributed by atoms with E-state index in [1.54, 1.807) is 0 Å². The summed E-state index contributed by atoms with van der Waals surface area (Å²) in [4.78, 5) is 30.4. The average Bonchev–Trinajstić information content (AvgIpc) is 0.744. The van der Waals surface area contributed by atoms with Crippen LogP contribution in [0.25, 0.3) is 167 Å². The molecule has 15 aromatic carbocycles. The van der Waals surface area contributed by atoms with Gasteiger partial charge < -0.3 is 9.47 Å². The van der Waals surface area contributed by atoms with E-state index in [0.717, 1.165) is 134 Å². The fourth-order valence-corrected chi connectivity index (χ4v) is 13.8. The molecule has 98 heavy (non-hydrogen) atoms. The molecule has 0 saturated carbocycles. The van der Waals surface area contributed by atoms with E-state index >= 15 is 0 Å². The zero-order valence-corrected chi connectivity index (χ0v) is 52.8. The van der Waals surface area contributed by atoms with E-state index in [4.69, 9.17) is 39.4 Å². The molecule has 0 fully saturated rings. The van der Waals surface area contributed by atoms with E-state index in [-0.39, 0.29) is 0 Å². The molecule has 0 radical (unpaired) electrons. The van der Waals surface area contributed by atoms with E-state index in [9.17, 15) is 0 Å². The Morgan fingerprint density at radius 1 is 0.163 bits per heavy atom. The summed E-state index contributed by atoms with van der Waals surface area (Å²) in [5, 5.41) is 6.90. The quantitative estimate of drug-likeness (QED) is 0.148. The minimum Gasteiger partial charge on any atom is -0.456 e. The van der Waals surface area contributed by atoms with Crippen LogP contribution in [0.2, 0.25) is 0 Å². The molecular formula is C90H56N6O2. The predicted octanol–water partition coefficient (Wildman–Crippen LogP) is 23.4. The lowest BCUT2D eigenvalue weighted by Gasteiger charge is -2.22. The Morgan fingerprint density at radius 2 is 0.469 bits per heavy atom. The van der Waals surface area contributed by atoms with Gasteiger partial charge in [-0.1, -0.05) is 297 Å². The van der Waals surface area contributed by atoms with Gasteiger partial charge in [-0.15, -0.1) is 0 Å². The van der Waals surface area contributed by atoms with Crippen LogP contribution >= 0.6 is 0 Å². The third-order valence-electron chi connectivity index (χ3n) is 18.5. The zero-order valence-electron chi connectivity index (χ0n) is 52.8. The third-order valence-corrected chi connectivity index (χ3v) is 18.5. The van der Waals surface area contributed by atoms with Crippen LogP contribution in [0.1, 0.15) is 0 Å². The van der Waals surface area contributed by atoms with Crippen molar-refractivity contribution in [3.05, 3.63) is 340 Å². The number of fused-ring (bicyclic) bond motifs is 9. The predicted molar refractivity (Wildman–Crippen MR) is 398 cm³/mol. The number of benzene rings is 15. The molecule has 8 nitrogen and oxygen atoms in total. The molecule has 0 amide bonds. The lowest BCUT2D eigenvalue weighted by molar-refractivity contribution is 0.486. The molecule has 0 spiro atoms. The molecule has 2 aliphatic rings. The molecule has 8 heteroatoms. The zero-order chi connectivity index (χ0) is 64.9. The van der Waals surface area contributed by atoms with Gasteiger partial charge in [0.15, 0.2) is 34.9 Å². The molecular weight excluding hydrogens is 1200 g/mol. The minimum atomic E-state index is 0.624. The number of aromatic nitrogens is 6. The van der Waals surface area contributed by atoms with E-state index < -0.39 is 0 Å². The van der Waals surface area contributed by atoms with Crippen molar-refractivity contribution >= 4 is 32.3 Å². The van der Waals surface area contributed by atoms with Crippen molar-refractivity contribution in [1.82, 2.24) is 29.9 Å². The highest BCUT2D eigenvalue weighted by Crippen LogP contribution is 2.51. The van der Waals surface area contributed by atoms with Crippen molar-refractivity contribution in [3.63, 3.8) is 0 Å². The van der Waals surface area contributed by atoms with Crippen molar-refractivity contribution in [1.29, 1.82) is 0 Å². The largest absolute Gasteiger partial charge is 0.456 e. The second kappa shape index (κ2) is 24.6.